The molecule has 0 spiro atoms. The van der Waals surface area contributed by atoms with E-state index in [1.807, 2.05) is 0 Å². The van der Waals surface area contributed by atoms with Crippen LogP contribution < -0.4 is 9.47 Å². The van der Waals surface area contributed by atoms with Gasteiger partial charge in [-0.2, -0.15) is 0 Å². The molecule has 0 saturated carbocycles. The highest BCUT2D eigenvalue weighted by Crippen LogP contribution is 2.29. The summed E-state index contributed by atoms with van der Waals surface area (Å²) in [4.78, 5) is 15.0. The fraction of sp³-hybridized carbons (Fsp3) is 0.176. The second-order valence-corrected chi connectivity index (χ2v) is 5.44. The second-order valence-electron chi connectivity index (χ2n) is 5.03. The molecule has 1 heterocycles. The fourth-order valence-corrected chi connectivity index (χ4v) is 1.97. The van der Waals surface area contributed by atoms with Crippen LogP contribution in [0.1, 0.15) is 13.3 Å². The topological polar surface area (TPSA) is 68.7 Å². The van der Waals surface area contributed by atoms with Crippen molar-refractivity contribution in [3.63, 3.8) is 0 Å². The molecule has 0 aliphatic rings. The van der Waals surface area contributed by atoms with Gasteiger partial charge in [-0.3, -0.25) is 0 Å². The summed E-state index contributed by atoms with van der Waals surface area (Å²) in [5.41, 5.74) is -1.53. The Labute approximate surface area is 143 Å². The Morgan fingerprint density at radius 1 is 1.42 bits per heavy atom. The number of carbonyl (C=O) groups is 1. The molecule has 1 atom stereocenters. The van der Waals surface area contributed by atoms with Gasteiger partial charge < -0.3 is 14.6 Å². The predicted octanol–water partition coefficient (Wildman–Crippen LogP) is 3.91. The fourth-order valence-electron chi connectivity index (χ4n) is 1.77. The summed E-state index contributed by atoms with van der Waals surface area (Å²) in [6.07, 6.45) is 6.08. The molecular formula is C17H13ClFNO4. The Hall–Kier alpha value is -2.78. The van der Waals surface area contributed by atoms with Crippen LogP contribution in [0.2, 0.25) is 5.02 Å². The van der Waals surface area contributed by atoms with E-state index < -0.39 is 17.4 Å². The first-order valence-electron chi connectivity index (χ1n) is 6.79. The van der Waals surface area contributed by atoms with Gasteiger partial charge in [-0.25, -0.2) is 14.2 Å². The molecule has 0 amide bonds. The lowest BCUT2D eigenvalue weighted by Gasteiger charge is -2.24. The number of nitrogens with zero attached hydrogens (tertiary/aromatic N) is 1. The standard InChI is InChI=1S/C17H13ClFNO4/c1-3-8-17(2,16(21)22)24-13-6-4-12(5-7-13)23-15-14(18)9-11(19)10-20-15/h1,4-7,9-10H,8H2,2H3,(H,21,22). The van der Waals surface area contributed by atoms with Crippen LogP contribution in [0.3, 0.4) is 0 Å². The molecule has 7 heteroatoms. The number of halogens is 2. The van der Waals surface area contributed by atoms with Crippen molar-refractivity contribution in [3.8, 4) is 29.7 Å². The number of aromatic nitrogens is 1. The summed E-state index contributed by atoms with van der Waals surface area (Å²) in [7, 11) is 0. The van der Waals surface area contributed by atoms with E-state index in [0.29, 0.717) is 11.5 Å². The molecule has 1 N–H and O–H groups in total. The number of carboxylic acid groups (broad SMARTS) is 1. The molecule has 124 valence electrons. The van der Waals surface area contributed by atoms with Crippen LogP contribution in [-0.4, -0.2) is 21.7 Å². The van der Waals surface area contributed by atoms with Crippen molar-refractivity contribution in [3.05, 3.63) is 47.4 Å². The van der Waals surface area contributed by atoms with Gasteiger partial charge in [-0.15, -0.1) is 12.3 Å². The highest BCUT2D eigenvalue weighted by Gasteiger charge is 2.34. The summed E-state index contributed by atoms with van der Waals surface area (Å²) in [6, 6.07) is 7.19. The monoisotopic (exact) mass is 349 g/mol. The molecule has 0 radical (unpaired) electrons. The number of hydrogen-bond acceptors (Lipinski definition) is 4. The third-order valence-corrected chi connectivity index (χ3v) is 3.32. The first-order valence-corrected chi connectivity index (χ1v) is 7.17. The Bertz CT molecular complexity index is 788. The number of benzene rings is 1. The van der Waals surface area contributed by atoms with Crippen LogP contribution in [0.25, 0.3) is 0 Å². The van der Waals surface area contributed by atoms with Crippen molar-refractivity contribution in [2.45, 2.75) is 18.9 Å². The van der Waals surface area contributed by atoms with Gasteiger partial charge in [-0.1, -0.05) is 11.6 Å². The Kier molecular flexibility index (Phi) is 5.27. The van der Waals surface area contributed by atoms with Crippen LogP contribution in [0, 0.1) is 18.2 Å². The molecule has 2 rings (SSSR count). The van der Waals surface area contributed by atoms with Crippen LogP contribution in [0.5, 0.6) is 17.4 Å². The van der Waals surface area contributed by atoms with E-state index >= 15 is 0 Å². The van der Waals surface area contributed by atoms with Gasteiger partial charge in [0.25, 0.3) is 0 Å². The minimum absolute atomic E-state index is 0.0304. The zero-order valence-electron chi connectivity index (χ0n) is 12.6. The summed E-state index contributed by atoms with van der Waals surface area (Å²) in [6.45, 7) is 1.39. The zero-order valence-corrected chi connectivity index (χ0v) is 13.4. The molecule has 2 aromatic rings. The summed E-state index contributed by atoms with van der Waals surface area (Å²) < 4.78 is 23.8. The van der Waals surface area contributed by atoms with Gasteiger partial charge in [0.05, 0.1) is 12.6 Å². The van der Waals surface area contributed by atoms with Crippen LogP contribution in [-0.2, 0) is 4.79 Å². The summed E-state index contributed by atoms with van der Waals surface area (Å²) in [5, 5.41) is 9.26. The van der Waals surface area contributed by atoms with Crippen molar-refractivity contribution in [2.24, 2.45) is 0 Å². The van der Waals surface area contributed by atoms with Crippen molar-refractivity contribution in [1.29, 1.82) is 0 Å². The van der Waals surface area contributed by atoms with E-state index in [0.717, 1.165) is 12.3 Å². The van der Waals surface area contributed by atoms with Crippen molar-refractivity contribution < 1.29 is 23.8 Å². The SMILES string of the molecule is C#CCC(C)(Oc1ccc(Oc2ncc(F)cc2Cl)cc1)C(=O)O. The van der Waals surface area contributed by atoms with Crippen molar-refractivity contribution >= 4 is 17.6 Å². The molecule has 1 unspecified atom stereocenters. The number of terminal acetylenes is 1. The van der Waals surface area contributed by atoms with Gasteiger partial charge >= 0.3 is 5.97 Å². The minimum Gasteiger partial charge on any atom is -0.478 e. The molecule has 0 saturated heterocycles. The Balaban J connectivity index is 2.13. The highest BCUT2D eigenvalue weighted by atomic mass is 35.5. The van der Waals surface area contributed by atoms with Crippen molar-refractivity contribution in [1.82, 2.24) is 4.98 Å². The average Bonchev–Trinajstić information content (AvgIpc) is 2.52. The van der Waals surface area contributed by atoms with E-state index in [4.69, 9.17) is 27.5 Å². The number of pyridine rings is 1. The van der Waals surface area contributed by atoms with Crippen LogP contribution >= 0.6 is 11.6 Å². The van der Waals surface area contributed by atoms with E-state index in [1.165, 1.54) is 31.2 Å². The summed E-state index contributed by atoms with van der Waals surface area (Å²) >= 11 is 5.83. The van der Waals surface area contributed by atoms with Crippen LogP contribution in [0.4, 0.5) is 4.39 Å². The molecule has 0 aliphatic heterocycles. The lowest BCUT2D eigenvalue weighted by atomic mass is 10.0. The maximum absolute atomic E-state index is 12.9. The maximum atomic E-state index is 12.9. The van der Waals surface area contributed by atoms with Gasteiger partial charge in [-0.05, 0) is 37.3 Å². The molecular weight excluding hydrogens is 337 g/mol. The highest BCUT2D eigenvalue weighted by molar-refractivity contribution is 6.31. The third-order valence-electron chi connectivity index (χ3n) is 3.05. The minimum atomic E-state index is -1.53. The average molecular weight is 350 g/mol. The van der Waals surface area contributed by atoms with Crippen molar-refractivity contribution in [2.75, 3.05) is 0 Å². The zero-order chi connectivity index (χ0) is 17.7. The van der Waals surface area contributed by atoms with E-state index in [2.05, 4.69) is 10.9 Å². The first-order chi connectivity index (χ1) is 11.3. The number of rotatable bonds is 6. The Morgan fingerprint density at radius 2 is 2.04 bits per heavy atom. The molecule has 5 nitrogen and oxygen atoms in total. The number of ether oxygens (including phenoxy) is 2. The van der Waals surface area contributed by atoms with E-state index in [9.17, 15) is 14.3 Å². The van der Waals surface area contributed by atoms with Gasteiger partial charge in [0.1, 0.15) is 22.3 Å². The molecule has 0 fully saturated rings. The van der Waals surface area contributed by atoms with Gasteiger partial charge in [0.15, 0.2) is 0 Å². The second kappa shape index (κ2) is 7.20. The molecule has 0 aliphatic carbocycles. The number of aliphatic carboxylic acids is 1. The van der Waals surface area contributed by atoms with Gasteiger partial charge in [0.2, 0.25) is 11.5 Å². The maximum Gasteiger partial charge on any atom is 0.348 e. The molecule has 0 bridgehead atoms. The molecule has 24 heavy (non-hydrogen) atoms. The predicted molar refractivity (Wildman–Crippen MR) is 85.8 cm³/mol. The summed E-state index contributed by atoms with van der Waals surface area (Å²) in [5.74, 6) is 1.27. The Morgan fingerprint density at radius 3 is 2.58 bits per heavy atom. The van der Waals surface area contributed by atoms with Gasteiger partial charge in [0, 0.05) is 0 Å². The first kappa shape index (κ1) is 17.6. The normalized spacial score (nSPS) is 12.8. The molecule has 1 aromatic carbocycles. The largest absolute Gasteiger partial charge is 0.478 e. The van der Waals surface area contributed by atoms with E-state index in [1.54, 1.807) is 0 Å². The lowest BCUT2D eigenvalue weighted by Crippen LogP contribution is -2.41. The molecule has 1 aromatic heterocycles. The lowest BCUT2D eigenvalue weighted by molar-refractivity contribution is -0.153. The smallest absolute Gasteiger partial charge is 0.348 e. The third kappa shape index (κ3) is 4.15. The number of carboxylic acids is 1. The number of hydrogen-bond donors (Lipinski definition) is 1. The van der Waals surface area contributed by atoms with Crippen LogP contribution in [0.15, 0.2) is 36.5 Å². The van der Waals surface area contributed by atoms with E-state index in [-0.39, 0.29) is 17.3 Å². The quantitative estimate of drug-likeness (QED) is 0.801.